The van der Waals surface area contributed by atoms with Gasteiger partial charge >= 0.3 is 18.0 Å². The Labute approximate surface area is 620 Å². The molecule has 582 valence electrons. The number of carbonyl (C=O) groups excluding carboxylic acids is 12. The molecule has 34 nitrogen and oxygen atoms in total. The Morgan fingerprint density at radius 2 is 1.19 bits per heavy atom. The third-order valence-corrected chi connectivity index (χ3v) is 18.6. The van der Waals surface area contributed by atoms with E-state index in [1.165, 1.54) is 11.9 Å². The normalized spacial score (nSPS) is 21.2. The molecule has 7 atom stereocenters. The predicted octanol–water partition coefficient (Wildman–Crippen LogP) is -1.56. The van der Waals surface area contributed by atoms with Gasteiger partial charge in [-0.2, -0.15) is 0 Å². The number of unbranched alkanes of at least 4 members (excludes halogenated alkanes) is 4. The van der Waals surface area contributed by atoms with E-state index in [-0.39, 0.29) is 123 Å². The number of aromatic nitrogens is 1. The fraction of sp³-hybridized carbons (Fsp3) is 0.534. The van der Waals surface area contributed by atoms with Crippen LogP contribution in [0.1, 0.15) is 99.8 Å². The lowest BCUT2D eigenvalue weighted by Gasteiger charge is -2.33. The highest BCUT2D eigenvalue weighted by molar-refractivity contribution is 5.99. The molecule has 3 saturated heterocycles. The molecule has 0 unspecified atom stereocenters. The standard InChI is InChI=1S/C73H102N16O18/c1-3-4-5-9-19-54-68(100)83-56(38-50-41-76-52-18-11-10-17-51(50)52)66(98)79-43-61(91)81-53(20-12-13-27-75-73(105)88-31-29-87(30-32-88)45-65(96)97)67(99)85-57(39-64(94)95)72(104)89-28-14-21-58(89)70(102)80-42-60(90)78-44-63(93)86(2)59(37-47-15-7-6-8-16-47)71(103)84-55(69(101)82-54)36-48-22-24-49(25-23-48)40-77-62(92)46-107-35-34-106-33-26-74/h6-8,10-11,15-18,22-25,41,53-59,76H,3-5,9,12-14,19-21,26-40,42-46,74H2,1-2H3,(H,75,105)(H,77,92)(H,78,90)(H,79,98)(H,80,102)(H,81,91)(H,82,101)(H,83,100)(H,84,103)(H,85,99)(H,94,95)(H,96,97)/t53-,54-,55-,56-,57-,58+,59-/m0/s1. The molecule has 107 heavy (non-hydrogen) atoms. The summed E-state index contributed by atoms with van der Waals surface area (Å²) in [4.78, 5) is 203. The van der Waals surface area contributed by atoms with Crippen molar-refractivity contribution in [3.05, 3.63) is 107 Å². The molecule has 34 heteroatoms. The van der Waals surface area contributed by atoms with Gasteiger partial charge in [0.25, 0.3) is 0 Å². The lowest BCUT2D eigenvalue weighted by molar-refractivity contribution is -0.146. The summed E-state index contributed by atoms with van der Waals surface area (Å²) in [5, 5.41) is 46.7. The lowest BCUT2D eigenvalue weighted by Crippen LogP contribution is -2.60. The van der Waals surface area contributed by atoms with Crippen molar-refractivity contribution in [2.24, 2.45) is 5.73 Å². The number of nitrogens with zero attached hydrogens (tertiary/aromatic N) is 4. The van der Waals surface area contributed by atoms with Crippen LogP contribution in [-0.2, 0) is 97.6 Å². The molecular weight excluding hydrogens is 1390 g/mol. The second-order valence-electron chi connectivity index (χ2n) is 26.6. The van der Waals surface area contributed by atoms with E-state index in [0.717, 1.165) is 22.6 Å². The zero-order valence-corrected chi connectivity index (χ0v) is 60.6. The van der Waals surface area contributed by atoms with Gasteiger partial charge in [-0.1, -0.05) is 105 Å². The lowest BCUT2D eigenvalue weighted by atomic mass is 9.99. The van der Waals surface area contributed by atoms with Gasteiger partial charge in [0.05, 0.1) is 52.4 Å². The number of carboxylic acids is 2. The van der Waals surface area contributed by atoms with Gasteiger partial charge in [-0.25, -0.2) is 4.79 Å². The molecule has 3 aromatic carbocycles. The van der Waals surface area contributed by atoms with Crippen LogP contribution in [0.4, 0.5) is 4.79 Å². The molecule has 4 heterocycles. The number of hydrogen-bond donors (Lipinski definition) is 14. The van der Waals surface area contributed by atoms with Gasteiger partial charge in [-0.3, -0.25) is 67.2 Å². The van der Waals surface area contributed by atoms with E-state index < -0.39 is 145 Å². The zero-order valence-electron chi connectivity index (χ0n) is 60.6. The SMILES string of the molecule is CCCCCC[C@@H]1NC(=O)[C@H](Cc2ccc(CNC(=O)COCCOCCN)cc2)NC(=O)[C@H](Cc2ccccc2)N(C)C(=O)CNC(=O)CNC(=O)[C@H]2CCCN2C(=O)[C@H](CC(=O)O)NC(=O)[C@H](CCCCNC(=O)N2CCN(CC(=O)O)CC2)NC(=O)CNC(=O)[C@H](Cc2c[nH]c3ccccc23)NC1=O. The number of aliphatic carboxylic acids is 2. The number of benzene rings is 3. The smallest absolute Gasteiger partial charge is 0.317 e. The van der Waals surface area contributed by atoms with E-state index in [0.29, 0.717) is 72.2 Å². The van der Waals surface area contributed by atoms with E-state index in [2.05, 4.69) is 58.2 Å². The first-order valence-electron chi connectivity index (χ1n) is 36.4. The number of ether oxygens (including phenoxy) is 2. The number of rotatable bonds is 29. The molecule has 3 aliphatic rings. The van der Waals surface area contributed by atoms with Crippen LogP contribution >= 0.6 is 0 Å². The first kappa shape index (κ1) is 83.7. The summed E-state index contributed by atoms with van der Waals surface area (Å²) in [6, 6.07) is 12.1. The fourth-order valence-corrected chi connectivity index (χ4v) is 12.6. The van der Waals surface area contributed by atoms with Crippen LogP contribution in [0.25, 0.3) is 10.9 Å². The summed E-state index contributed by atoms with van der Waals surface area (Å²) in [5.41, 5.74) is 8.53. The molecule has 7 rings (SSSR count). The highest BCUT2D eigenvalue weighted by atomic mass is 16.5. The zero-order chi connectivity index (χ0) is 77.2. The van der Waals surface area contributed by atoms with Gasteiger partial charge in [-0.05, 0) is 66.8 Å². The minimum Gasteiger partial charge on any atom is -0.481 e. The van der Waals surface area contributed by atoms with E-state index in [9.17, 15) is 63.0 Å². The summed E-state index contributed by atoms with van der Waals surface area (Å²) in [5.74, 6) is -11.6. The Kier molecular flexibility index (Phi) is 34.2. The van der Waals surface area contributed by atoms with E-state index in [1.54, 1.807) is 83.9 Å². The molecule has 3 fully saturated rings. The van der Waals surface area contributed by atoms with E-state index >= 15 is 14.4 Å². The quantitative estimate of drug-likeness (QED) is 0.0273. The molecule has 4 aromatic rings. The van der Waals surface area contributed by atoms with Crippen LogP contribution in [0.3, 0.4) is 0 Å². The number of urea groups is 1. The average molecular weight is 1490 g/mol. The van der Waals surface area contributed by atoms with Crippen LogP contribution < -0.4 is 58.9 Å². The topological polar surface area (TPSA) is 473 Å². The Morgan fingerprint density at radius 1 is 0.570 bits per heavy atom. The Morgan fingerprint density at radius 3 is 1.90 bits per heavy atom. The maximum Gasteiger partial charge on any atom is 0.317 e. The summed E-state index contributed by atoms with van der Waals surface area (Å²) < 4.78 is 10.7. The number of amides is 13. The summed E-state index contributed by atoms with van der Waals surface area (Å²) in [6.45, 7) is 1.88. The summed E-state index contributed by atoms with van der Waals surface area (Å²) >= 11 is 0. The van der Waals surface area contributed by atoms with Gasteiger partial charge in [0, 0.05) is 95.8 Å². The van der Waals surface area contributed by atoms with Crippen molar-refractivity contribution < 1.29 is 86.8 Å². The van der Waals surface area contributed by atoms with Crippen LogP contribution in [0.2, 0.25) is 0 Å². The largest absolute Gasteiger partial charge is 0.481 e. The number of para-hydroxylation sites is 1. The van der Waals surface area contributed by atoms with E-state index in [1.807, 2.05) is 13.0 Å². The van der Waals surface area contributed by atoms with Crippen LogP contribution in [0.15, 0.2) is 85.1 Å². The third kappa shape index (κ3) is 27.7. The molecule has 0 aliphatic carbocycles. The number of nitrogens with one attached hydrogen (secondary N) is 11. The van der Waals surface area contributed by atoms with Crippen molar-refractivity contribution in [2.45, 2.75) is 146 Å². The van der Waals surface area contributed by atoms with Crippen molar-refractivity contribution in [3.63, 3.8) is 0 Å². The maximum atomic E-state index is 15.3. The minimum absolute atomic E-state index is 0.0414. The second-order valence-corrected chi connectivity index (χ2v) is 26.6. The van der Waals surface area contributed by atoms with Crippen LogP contribution in [0.5, 0.6) is 0 Å². The number of nitrogens with two attached hydrogens (primary N) is 1. The van der Waals surface area contributed by atoms with Crippen molar-refractivity contribution in [1.82, 2.24) is 77.8 Å². The van der Waals surface area contributed by atoms with Gasteiger partial charge in [0.15, 0.2) is 0 Å². The number of fused-ring (bicyclic) bond motifs is 2. The first-order valence-corrected chi connectivity index (χ1v) is 36.4. The predicted molar refractivity (Wildman–Crippen MR) is 389 cm³/mol. The average Bonchev–Trinajstić information content (AvgIpc) is 1.74. The van der Waals surface area contributed by atoms with E-state index in [4.69, 9.17) is 15.2 Å². The van der Waals surface area contributed by atoms with Gasteiger partial charge in [0.2, 0.25) is 65.0 Å². The second kappa shape index (κ2) is 43.8. The molecule has 0 bridgehead atoms. The highest BCUT2D eigenvalue weighted by Gasteiger charge is 2.40. The number of hydrogen-bond acceptors (Lipinski definition) is 18. The molecule has 13 amide bonds. The number of carboxylic acid groups (broad SMARTS) is 2. The minimum atomic E-state index is -1.81. The van der Waals surface area contributed by atoms with Crippen molar-refractivity contribution in [1.29, 1.82) is 0 Å². The van der Waals surface area contributed by atoms with Gasteiger partial charge in [0.1, 0.15) is 48.9 Å². The molecule has 0 radical (unpaired) electrons. The highest BCUT2D eigenvalue weighted by Crippen LogP contribution is 2.22. The maximum absolute atomic E-state index is 15.3. The number of H-pyrrole nitrogens is 1. The van der Waals surface area contributed by atoms with Crippen LogP contribution in [-0.4, -0.2) is 266 Å². The number of likely N-dealkylation sites (N-methyl/N-ethyl adjacent to an activating group) is 1. The Balaban J connectivity index is 1.20. The monoisotopic (exact) mass is 1490 g/mol. The Hall–Kier alpha value is -10.6. The van der Waals surface area contributed by atoms with Crippen molar-refractivity contribution in [2.75, 3.05) is 105 Å². The molecule has 1 aromatic heterocycles. The molecule has 15 N–H and O–H groups in total. The number of piperazine rings is 1. The van der Waals surface area contributed by atoms with Gasteiger partial charge in [-0.15, -0.1) is 0 Å². The third-order valence-electron chi connectivity index (χ3n) is 18.6. The summed E-state index contributed by atoms with van der Waals surface area (Å²) in [6.07, 6.45) is 3.42. The first-order chi connectivity index (χ1) is 51.5. The molecule has 0 saturated carbocycles. The number of carbonyl (C=O) groups is 14. The van der Waals surface area contributed by atoms with Crippen LogP contribution in [0, 0.1) is 0 Å². The molecular formula is C73H102N16O18. The van der Waals surface area contributed by atoms with Crippen molar-refractivity contribution in [3.8, 4) is 0 Å². The molecule has 3 aliphatic heterocycles. The van der Waals surface area contributed by atoms with Crippen molar-refractivity contribution >= 4 is 93.9 Å². The number of aromatic amines is 1. The fourth-order valence-electron chi connectivity index (χ4n) is 12.6. The Bertz CT molecular complexity index is 3690. The van der Waals surface area contributed by atoms with Gasteiger partial charge < -0.3 is 98.3 Å². The summed E-state index contributed by atoms with van der Waals surface area (Å²) in [7, 11) is 1.34. The molecule has 0 spiro atoms.